The number of ether oxygens (including phenoxy) is 1. The van der Waals surface area contributed by atoms with Crippen LogP contribution in [0.25, 0.3) is 11.4 Å². The molecule has 0 atom stereocenters. The van der Waals surface area contributed by atoms with Gasteiger partial charge in [0.15, 0.2) is 23.1 Å². The standard InChI is InChI=1S/C24H27N9O6/c1-31-13-25-21(30-31)15-8-5-9-16(20(15)39-2)26-17-12-18(28-29-19(17)22(34)27-24(36,37)38)33-11-10-32(23(33)35)14-6-3-4-7-14/h5-6,8-9,12-13,36-38H,3-4,7,10-11H2,1-2H3,(H,26,28)(H,27,34). The quantitative estimate of drug-likeness (QED) is 0.254. The molecule has 0 spiro atoms. The van der Waals surface area contributed by atoms with Crippen LogP contribution < -0.4 is 20.3 Å². The van der Waals surface area contributed by atoms with Gasteiger partial charge in [0.2, 0.25) is 0 Å². The summed E-state index contributed by atoms with van der Waals surface area (Å²) in [4.78, 5) is 33.3. The number of methoxy groups -OCH3 is 1. The topological polar surface area (TPSA) is 191 Å². The van der Waals surface area contributed by atoms with E-state index in [4.69, 9.17) is 4.74 Å². The molecule has 15 heteroatoms. The fraction of sp³-hybridized carbons (Fsp3) is 0.333. The van der Waals surface area contributed by atoms with Crippen molar-refractivity contribution in [3.8, 4) is 17.1 Å². The third-order valence-corrected chi connectivity index (χ3v) is 6.26. The first-order chi connectivity index (χ1) is 18.6. The second-order valence-corrected chi connectivity index (χ2v) is 8.98. The van der Waals surface area contributed by atoms with Gasteiger partial charge in [-0.15, -0.1) is 10.2 Å². The van der Waals surface area contributed by atoms with Gasteiger partial charge in [0.25, 0.3) is 5.91 Å². The van der Waals surface area contributed by atoms with Gasteiger partial charge in [-0.1, -0.05) is 12.1 Å². The molecular weight excluding hydrogens is 510 g/mol. The Morgan fingerprint density at radius 2 is 1.92 bits per heavy atom. The minimum atomic E-state index is -3.49. The zero-order chi connectivity index (χ0) is 27.7. The lowest BCUT2D eigenvalue weighted by Crippen LogP contribution is -2.48. The predicted octanol–water partition coefficient (Wildman–Crippen LogP) is 0.652. The molecule has 2 aromatic heterocycles. The molecule has 1 saturated heterocycles. The largest absolute Gasteiger partial charge is 0.494 e. The van der Waals surface area contributed by atoms with Crippen LogP contribution in [-0.4, -0.2) is 83.4 Å². The molecule has 5 rings (SSSR count). The Bertz CT molecular complexity index is 1450. The number of benzene rings is 1. The van der Waals surface area contributed by atoms with Crippen LogP contribution in [0, 0.1) is 0 Å². The van der Waals surface area contributed by atoms with E-state index in [1.165, 1.54) is 18.1 Å². The highest BCUT2D eigenvalue weighted by molar-refractivity contribution is 6.00. The highest BCUT2D eigenvalue weighted by Gasteiger charge is 2.34. The van der Waals surface area contributed by atoms with Crippen molar-refractivity contribution in [1.29, 1.82) is 0 Å². The van der Waals surface area contributed by atoms with E-state index in [1.54, 1.807) is 46.5 Å². The first kappa shape index (κ1) is 26.0. The Morgan fingerprint density at radius 1 is 1.13 bits per heavy atom. The van der Waals surface area contributed by atoms with Gasteiger partial charge >= 0.3 is 12.1 Å². The molecule has 3 aromatic rings. The Morgan fingerprint density at radius 3 is 2.59 bits per heavy atom. The molecule has 0 radical (unpaired) electrons. The van der Waals surface area contributed by atoms with Gasteiger partial charge in [0.1, 0.15) is 6.33 Å². The van der Waals surface area contributed by atoms with E-state index in [-0.39, 0.29) is 23.2 Å². The van der Waals surface area contributed by atoms with Crippen molar-refractivity contribution >= 4 is 29.1 Å². The number of aromatic nitrogens is 5. The highest BCUT2D eigenvalue weighted by Crippen LogP contribution is 2.37. The number of carbonyl (C=O) groups is 2. The summed E-state index contributed by atoms with van der Waals surface area (Å²) in [6, 6.07) is 6.34. The summed E-state index contributed by atoms with van der Waals surface area (Å²) in [5.74, 6) is -0.217. The SMILES string of the molecule is COc1c(Nc2cc(N3CCN(C4=CCCC4)C3=O)nnc2C(=O)NC(O)(O)O)cccc1-c1ncn(C)n1. The second kappa shape index (κ2) is 10.3. The molecule has 0 bridgehead atoms. The number of nitrogens with zero attached hydrogens (tertiary/aromatic N) is 7. The average molecular weight is 538 g/mol. The maximum atomic E-state index is 13.2. The van der Waals surface area contributed by atoms with Crippen LogP contribution in [0.4, 0.5) is 22.0 Å². The third kappa shape index (κ3) is 5.36. The van der Waals surface area contributed by atoms with Crippen LogP contribution in [0.5, 0.6) is 5.75 Å². The van der Waals surface area contributed by atoms with Crippen LogP contribution in [0.2, 0.25) is 0 Å². The number of hydrogen-bond acceptors (Lipinski definition) is 11. The number of anilines is 3. The van der Waals surface area contributed by atoms with Gasteiger partial charge in [0.05, 0.1) is 24.0 Å². The molecule has 39 heavy (non-hydrogen) atoms. The van der Waals surface area contributed by atoms with Crippen LogP contribution in [0.3, 0.4) is 0 Å². The Balaban J connectivity index is 1.53. The molecule has 3 amide bonds. The van der Waals surface area contributed by atoms with E-state index < -0.39 is 12.0 Å². The number of hydrogen-bond donors (Lipinski definition) is 5. The fourth-order valence-corrected chi connectivity index (χ4v) is 4.54. The third-order valence-electron chi connectivity index (χ3n) is 6.26. The minimum Gasteiger partial charge on any atom is -0.494 e. The smallest absolute Gasteiger partial charge is 0.369 e. The van der Waals surface area contributed by atoms with Crippen molar-refractivity contribution in [1.82, 2.24) is 35.2 Å². The van der Waals surface area contributed by atoms with Crippen molar-refractivity contribution in [3.63, 3.8) is 0 Å². The van der Waals surface area contributed by atoms with Crippen LogP contribution in [0.15, 0.2) is 42.4 Å². The maximum absolute atomic E-state index is 13.2. The number of allylic oxidation sites excluding steroid dienone is 2. The molecule has 0 saturated carbocycles. The molecule has 0 unspecified atom stereocenters. The summed E-state index contributed by atoms with van der Waals surface area (Å²) in [5, 5.41) is 44.8. The highest BCUT2D eigenvalue weighted by atomic mass is 16.7. The fourth-order valence-electron chi connectivity index (χ4n) is 4.54. The Hall–Kier alpha value is -4.60. The summed E-state index contributed by atoms with van der Waals surface area (Å²) in [7, 11) is 3.19. The zero-order valence-corrected chi connectivity index (χ0v) is 21.2. The number of para-hydroxylation sites is 1. The summed E-state index contributed by atoms with van der Waals surface area (Å²) in [5.41, 5.74) is 1.60. The molecule has 1 aromatic carbocycles. The minimum absolute atomic E-state index is 0.0533. The van der Waals surface area contributed by atoms with Crippen molar-refractivity contribution in [2.45, 2.75) is 25.4 Å². The lowest BCUT2D eigenvalue weighted by molar-refractivity contribution is -0.323. The zero-order valence-electron chi connectivity index (χ0n) is 21.2. The molecule has 2 aliphatic rings. The van der Waals surface area contributed by atoms with Crippen LogP contribution in [0.1, 0.15) is 29.8 Å². The van der Waals surface area contributed by atoms with E-state index in [0.717, 1.165) is 25.0 Å². The molecule has 204 valence electrons. The number of urea groups is 1. The summed E-state index contributed by atoms with van der Waals surface area (Å²) >= 11 is 0. The summed E-state index contributed by atoms with van der Waals surface area (Å²) in [6.45, 7) is 0.833. The van der Waals surface area contributed by atoms with Gasteiger partial charge in [0, 0.05) is 31.9 Å². The predicted molar refractivity (Wildman–Crippen MR) is 137 cm³/mol. The molecule has 5 N–H and O–H groups in total. The van der Waals surface area contributed by atoms with Gasteiger partial charge in [-0.05, 0) is 31.4 Å². The van der Waals surface area contributed by atoms with E-state index in [2.05, 4.69) is 25.6 Å². The number of rotatable bonds is 8. The Labute approximate surface area is 222 Å². The van der Waals surface area contributed by atoms with E-state index in [0.29, 0.717) is 35.9 Å². The number of carbonyl (C=O) groups excluding carboxylic acids is 2. The van der Waals surface area contributed by atoms with Crippen molar-refractivity contribution < 1.29 is 29.6 Å². The first-order valence-corrected chi connectivity index (χ1v) is 12.1. The monoisotopic (exact) mass is 537 g/mol. The molecule has 1 aliphatic carbocycles. The summed E-state index contributed by atoms with van der Waals surface area (Å²) in [6.07, 6.45) is 2.84. The van der Waals surface area contributed by atoms with E-state index >= 15 is 0 Å². The van der Waals surface area contributed by atoms with E-state index in [9.17, 15) is 24.9 Å². The average Bonchev–Trinajstić information content (AvgIpc) is 3.64. The lowest BCUT2D eigenvalue weighted by atomic mass is 10.1. The number of aryl methyl sites for hydroxylation is 1. The second-order valence-electron chi connectivity index (χ2n) is 8.98. The van der Waals surface area contributed by atoms with Gasteiger partial charge < -0.3 is 25.4 Å². The first-order valence-electron chi connectivity index (χ1n) is 12.1. The number of aliphatic hydroxyl groups is 3. The molecule has 3 heterocycles. The maximum Gasteiger partial charge on any atom is 0.369 e. The molecule has 15 nitrogen and oxygen atoms in total. The van der Waals surface area contributed by atoms with Crippen molar-refractivity contribution in [3.05, 3.63) is 48.1 Å². The van der Waals surface area contributed by atoms with E-state index in [1.807, 2.05) is 6.08 Å². The molecule has 1 aliphatic heterocycles. The molecule has 1 fully saturated rings. The lowest BCUT2D eigenvalue weighted by Gasteiger charge is -2.21. The van der Waals surface area contributed by atoms with Gasteiger partial charge in [-0.2, -0.15) is 5.10 Å². The Kier molecular flexibility index (Phi) is 6.86. The van der Waals surface area contributed by atoms with Gasteiger partial charge in [-0.25, -0.2) is 9.78 Å². The number of amides is 3. The summed E-state index contributed by atoms with van der Waals surface area (Å²) < 4.78 is 7.17. The normalized spacial score (nSPS) is 15.5. The van der Waals surface area contributed by atoms with Crippen LogP contribution >= 0.6 is 0 Å². The number of nitrogens with one attached hydrogen (secondary N) is 2. The molecular formula is C24H27N9O6. The van der Waals surface area contributed by atoms with Crippen LogP contribution in [-0.2, 0) is 7.05 Å². The van der Waals surface area contributed by atoms with Crippen molar-refractivity contribution in [2.75, 3.05) is 30.4 Å². The van der Waals surface area contributed by atoms with Crippen molar-refractivity contribution in [2.24, 2.45) is 7.05 Å². The van der Waals surface area contributed by atoms with Gasteiger partial charge in [-0.3, -0.25) is 24.6 Å².